The van der Waals surface area contributed by atoms with Crippen molar-refractivity contribution in [1.82, 2.24) is 5.32 Å². The predicted octanol–water partition coefficient (Wildman–Crippen LogP) is 1.28. The molecule has 1 atom stereocenters. The number of amides is 1. The zero-order valence-electron chi connectivity index (χ0n) is 9.08. The number of thioether (sulfide) groups is 1. The van der Waals surface area contributed by atoms with Gasteiger partial charge in [-0.15, -0.1) is 6.58 Å². The van der Waals surface area contributed by atoms with Gasteiger partial charge in [0.25, 0.3) is 0 Å². The molecule has 5 heteroatoms. The zero-order chi connectivity index (χ0) is 11.8. The lowest BCUT2D eigenvalue weighted by Gasteiger charge is -2.12. The Morgan fingerprint density at radius 3 is 2.47 bits per heavy atom. The van der Waals surface area contributed by atoms with Crippen LogP contribution in [-0.2, 0) is 9.59 Å². The average Bonchev–Trinajstić information content (AvgIpc) is 2.08. The number of hydrogen-bond donors (Lipinski definition) is 2. The first-order valence-electron chi connectivity index (χ1n) is 4.65. The quantitative estimate of drug-likeness (QED) is 0.511. The molecular formula is C10H17NO3S. The maximum atomic E-state index is 10.7. The van der Waals surface area contributed by atoms with E-state index in [9.17, 15) is 9.59 Å². The molecule has 86 valence electrons. The summed E-state index contributed by atoms with van der Waals surface area (Å²) in [6.45, 7) is 7.00. The van der Waals surface area contributed by atoms with E-state index in [2.05, 4.69) is 11.9 Å². The van der Waals surface area contributed by atoms with Gasteiger partial charge >= 0.3 is 5.97 Å². The predicted molar refractivity (Wildman–Crippen MR) is 62.0 cm³/mol. The van der Waals surface area contributed by atoms with Gasteiger partial charge in [0, 0.05) is 12.7 Å². The number of carbonyl (C=O) groups excluding carboxylic acids is 1. The summed E-state index contributed by atoms with van der Waals surface area (Å²) in [7, 11) is 0. The lowest BCUT2D eigenvalue weighted by Crippen LogP contribution is -2.41. The van der Waals surface area contributed by atoms with Gasteiger partial charge in [0.1, 0.15) is 6.04 Å². The molecule has 0 saturated carbocycles. The van der Waals surface area contributed by atoms with E-state index in [0.29, 0.717) is 5.75 Å². The highest BCUT2D eigenvalue weighted by atomic mass is 32.2. The van der Waals surface area contributed by atoms with E-state index in [4.69, 9.17) is 5.11 Å². The first-order chi connectivity index (χ1) is 6.93. The number of carboxylic acid groups (broad SMARTS) is 1. The summed E-state index contributed by atoms with van der Waals surface area (Å²) in [6.07, 6.45) is 0.872. The standard InChI is InChI=1S/C10H17NO3S/c1-7(2)4-5-15-6-9(10(13)14)11-8(3)12/h9H,1,4-6H2,2-3H3,(H,11,12)(H,13,14)/t9-/m0/s1. The lowest BCUT2D eigenvalue weighted by atomic mass is 10.3. The van der Waals surface area contributed by atoms with Crippen LogP contribution in [0.15, 0.2) is 12.2 Å². The molecule has 0 saturated heterocycles. The van der Waals surface area contributed by atoms with Gasteiger partial charge in [-0.25, -0.2) is 4.79 Å². The third kappa shape index (κ3) is 8.05. The molecule has 0 aromatic carbocycles. The van der Waals surface area contributed by atoms with Crippen LogP contribution in [0.4, 0.5) is 0 Å². The Morgan fingerprint density at radius 2 is 2.07 bits per heavy atom. The highest BCUT2D eigenvalue weighted by molar-refractivity contribution is 7.99. The molecule has 1 amide bonds. The van der Waals surface area contributed by atoms with Gasteiger partial charge in [-0.3, -0.25) is 4.79 Å². The van der Waals surface area contributed by atoms with Crippen molar-refractivity contribution in [2.45, 2.75) is 26.3 Å². The summed E-state index contributed by atoms with van der Waals surface area (Å²) >= 11 is 1.50. The second-order valence-electron chi connectivity index (χ2n) is 3.37. The van der Waals surface area contributed by atoms with Crippen LogP contribution < -0.4 is 5.32 Å². The largest absolute Gasteiger partial charge is 0.480 e. The van der Waals surface area contributed by atoms with Crippen molar-refractivity contribution in [3.05, 3.63) is 12.2 Å². The molecule has 0 aromatic heterocycles. The van der Waals surface area contributed by atoms with Crippen LogP contribution in [0.5, 0.6) is 0 Å². The molecule has 0 aliphatic carbocycles. The Kier molecular flexibility index (Phi) is 6.86. The Hall–Kier alpha value is -0.970. The van der Waals surface area contributed by atoms with Gasteiger partial charge in [-0.05, 0) is 19.1 Å². The fourth-order valence-electron chi connectivity index (χ4n) is 0.868. The van der Waals surface area contributed by atoms with Crippen LogP contribution in [0, 0.1) is 0 Å². The first-order valence-corrected chi connectivity index (χ1v) is 5.81. The number of rotatable bonds is 7. The Morgan fingerprint density at radius 1 is 1.47 bits per heavy atom. The van der Waals surface area contributed by atoms with Crippen LogP contribution in [0.2, 0.25) is 0 Å². The van der Waals surface area contributed by atoms with Gasteiger partial charge in [0.2, 0.25) is 5.91 Å². The SMILES string of the molecule is C=C(C)CCSC[C@H](NC(C)=O)C(=O)O. The lowest BCUT2D eigenvalue weighted by molar-refractivity contribution is -0.140. The van der Waals surface area contributed by atoms with Gasteiger partial charge in [-0.2, -0.15) is 11.8 Å². The van der Waals surface area contributed by atoms with Crippen molar-refractivity contribution in [3.8, 4) is 0 Å². The van der Waals surface area contributed by atoms with Crippen molar-refractivity contribution in [2.24, 2.45) is 0 Å². The monoisotopic (exact) mass is 231 g/mol. The molecule has 2 N–H and O–H groups in total. The maximum absolute atomic E-state index is 10.7. The summed E-state index contributed by atoms with van der Waals surface area (Å²) in [5, 5.41) is 11.2. The molecule has 0 bridgehead atoms. The van der Waals surface area contributed by atoms with E-state index in [-0.39, 0.29) is 5.91 Å². The minimum absolute atomic E-state index is 0.317. The summed E-state index contributed by atoms with van der Waals surface area (Å²) in [6, 6.07) is -0.794. The summed E-state index contributed by atoms with van der Waals surface area (Å²) in [4.78, 5) is 21.4. The van der Waals surface area contributed by atoms with Gasteiger partial charge < -0.3 is 10.4 Å². The zero-order valence-corrected chi connectivity index (χ0v) is 9.89. The number of hydrogen-bond acceptors (Lipinski definition) is 3. The molecule has 15 heavy (non-hydrogen) atoms. The van der Waals surface area contributed by atoms with Crippen LogP contribution in [0.25, 0.3) is 0 Å². The fraction of sp³-hybridized carbons (Fsp3) is 0.600. The summed E-state index contributed by atoms with van der Waals surface area (Å²) in [5.74, 6) is -0.0862. The molecule has 0 radical (unpaired) electrons. The molecule has 0 aromatic rings. The average molecular weight is 231 g/mol. The number of carbonyl (C=O) groups is 2. The number of nitrogens with one attached hydrogen (secondary N) is 1. The number of aliphatic carboxylic acids is 1. The van der Waals surface area contributed by atoms with E-state index in [1.807, 2.05) is 6.92 Å². The normalized spacial score (nSPS) is 11.9. The molecule has 0 spiro atoms. The van der Waals surface area contributed by atoms with Crippen molar-refractivity contribution >= 4 is 23.6 Å². The van der Waals surface area contributed by atoms with Gasteiger partial charge in [0.05, 0.1) is 0 Å². The molecule has 0 unspecified atom stereocenters. The topological polar surface area (TPSA) is 66.4 Å². The number of allylic oxidation sites excluding steroid dienone is 1. The first kappa shape index (κ1) is 14.0. The van der Waals surface area contributed by atoms with E-state index >= 15 is 0 Å². The van der Waals surface area contributed by atoms with Crippen molar-refractivity contribution in [3.63, 3.8) is 0 Å². The minimum atomic E-state index is -0.993. The molecule has 0 fully saturated rings. The molecular weight excluding hydrogens is 214 g/mol. The fourth-order valence-corrected chi connectivity index (χ4v) is 1.99. The van der Waals surface area contributed by atoms with Gasteiger partial charge in [0.15, 0.2) is 0 Å². The highest BCUT2D eigenvalue weighted by Crippen LogP contribution is 2.08. The summed E-state index contributed by atoms with van der Waals surface area (Å²) < 4.78 is 0. The molecule has 4 nitrogen and oxygen atoms in total. The third-order valence-electron chi connectivity index (χ3n) is 1.63. The van der Waals surface area contributed by atoms with E-state index in [0.717, 1.165) is 17.7 Å². The van der Waals surface area contributed by atoms with Crippen LogP contribution in [0.1, 0.15) is 20.3 Å². The van der Waals surface area contributed by atoms with Crippen LogP contribution >= 0.6 is 11.8 Å². The Bertz CT molecular complexity index is 253. The van der Waals surface area contributed by atoms with Crippen LogP contribution in [0.3, 0.4) is 0 Å². The van der Waals surface area contributed by atoms with Crippen LogP contribution in [-0.4, -0.2) is 34.5 Å². The summed E-state index contributed by atoms with van der Waals surface area (Å²) in [5.41, 5.74) is 1.08. The van der Waals surface area contributed by atoms with Crippen molar-refractivity contribution in [1.29, 1.82) is 0 Å². The molecule has 0 aliphatic heterocycles. The minimum Gasteiger partial charge on any atom is -0.480 e. The second-order valence-corrected chi connectivity index (χ2v) is 4.52. The van der Waals surface area contributed by atoms with E-state index in [1.165, 1.54) is 18.7 Å². The Labute approximate surface area is 94.1 Å². The molecule has 0 aliphatic rings. The Balaban J connectivity index is 3.81. The van der Waals surface area contributed by atoms with E-state index < -0.39 is 12.0 Å². The number of carboxylic acids is 1. The highest BCUT2D eigenvalue weighted by Gasteiger charge is 2.17. The van der Waals surface area contributed by atoms with Crippen molar-refractivity contribution < 1.29 is 14.7 Å². The molecule has 0 heterocycles. The van der Waals surface area contributed by atoms with E-state index in [1.54, 1.807) is 0 Å². The smallest absolute Gasteiger partial charge is 0.327 e. The maximum Gasteiger partial charge on any atom is 0.327 e. The second kappa shape index (κ2) is 7.34. The molecule has 0 rings (SSSR count). The third-order valence-corrected chi connectivity index (χ3v) is 2.70. The van der Waals surface area contributed by atoms with Crippen molar-refractivity contribution in [2.75, 3.05) is 11.5 Å². The van der Waals surface area contributed by atoms with Gasteiger partial charge in [-0.1, -0.05) is 5.57 Å².